The molecule has 0 spiro atoms. The Morgan fingerprint density at radius 1 is 0.968 bits per heavy atom. The molecular weight excluding hydrogens is 579 g/mol. The first-order chi connectivity index (χ1) is 14.7. The van der Waals surface area contributed by atoms with Gasteiger partial charge in [0.05, 0.1) is 0 Å². The van der Waals surface area contributed by atoms with Crippen LogP contribution < -0.4 is 4.74 Å². The molecule has 31 heavy (non-hydrogen) atoms. The maximum absolute atomic E-state index is 12.4. The van der Waals surface area contributed by atoms with Gasteiger partial charge in [0, 0.05) is 0 Å². The molecule has 0 N–H and O–H groups in total. The van der Waals surface area contributed by atoms with Crippen molar-refractivity contribution in [3.05, 3.63) is 65.2 Å². The first-order valence-electron chi connectivity index (χ1n) is 11.2. The van der Waals surface area contributed by atoms with Crippen LogP contribution in [0.4, 0.5) is 0 Å². The Balaban J connectivity index is 2.49. The fourth-order valence-electron chi connectivity index (χ4n) is 3.95. The third-order valence-electron chi connectivity index (χ3n) is 5.59. The SMILES string of the molecule is CC(C)C(=O)Oc1ccc(C[O][Tl])cc1[C@H](CCN(C(C)C)C(C)C)c1ccccc1. The Hall–Kier alpha value is -1.25. The fraction of sp³-hybridized carbons (Fsp3) is 0.500. The summed E-state index contributed by atoms with van der Waals surface area (Å²) in [7, 11) is 0. The quantitative estimate of drug-likeness (QED) is 0.191. The predicted octanol–water partition coefficient (Wildman–Crippen LogP) is 5.49. The summed E-state index contributed by atoms with van der Waals surface area (Å²) in [5.41, 5.74) is 3.42. The average molecular weight is 615 g/mol. The third-order valence-corrected chi connectivity index (χ3v) is 6.23. The molecule has 166 valence electrons. The van der Waals surface area contributed by atoms with Crippen LogP contribution in [0, 0.1) is 5.92 Å². The zero-order chi connectivity index (χ0) is 23.0. The summed E-state index contributed by atoms with van der Waals surface area (Å²) in [5, 5.41) is 0. The molecule has 0 saturated heterocycles. The van der Waals surface area contributed by atoms with Crippen molar-refractivity contribution < 1.29 is 12.2 Å². The summed E-state index contributed by atoms with van der Waals surface area (Å²) in [6.07, 6.45) is 0.944. The van der Waals surface area contributed by atoms with Gasteiger partial charge < -0.3 is 0 Å². The molecule has 0 unspecified atom stereocenters. The van der Waals surface area contributed by atoms with Crippen LogP contribution in [0.25, 0.3) is 0 Å². The summed E-state index contributed by atoms with van der Waals surface area (Å²) in [4.78, 5) is 14.9. The number of carbonyl (C=O) groups excluding carboxylic acids is 1. The van der Waals surface area contributed by atoms with Crippen molar-refractivity contribution >= 4 is 32.2 Å². The Morgan fingerprint density at radius 3 is 2.16 bits per heavy atom. The Labute approximate surface area is 204 Å². The topological polar surface area (TPSA) is 38.8 Å². The van der Waals surface area contributed by atoms with Gasteiger partial charge in [0.25, 0.3) is 0 Å². The van der Waals surface area contributed by atoms with Crippen molar-refractivity contribution in [3.8, 4) is 5.75 Å². The van der Waals surface area contributed by atoms with Crippen molar-refractivity contribution in [1.29, 1.82) is 0 Å². The van der Waals surface area contributed by atoms with Crippen LogP contribution in [0.1, 0.15) is 70.6 Å². The second-order valence-corrected chi connectivity index (χ2v) is 10.2. The summed E-state index contributed by atoms with van der Waals surface area (Å²) < 4.78 is 11.4. The molecule has 2 rings (SSSR count). The monoisotopic (exact) mass is 615 g/mol. The summed E-state index contributed by atoms with van der Waals surface area (Å²) in [6, 6.07) is 17.6. The van der Waals surface area contributed by atoms with Crippen molar-refractivity contribution in [2.24, 2.45) is 5.92 Å². The molecule has 2 aromatic carbocycles. The molecule has 1 atom stereocenters. The molecule has 2 aromatic rings. The minimum absolute atomic E-state index is 0.132. The zero-order valence-corrected chi connectivity index (χ0v) is 24.3. The van der Waals surface area contributed by atoms with Crippen LogP contribution in [0.5, 0.6) is 5.75 Å². The molecule has 5 heteroatoms. The van der Waals surface area contributed by atoms with Gasteiger partial charge in [0.2, 0.25) is 0 Å². The van der Waals surface area contributed by atoms with Gasteiger partial charge in [-0.05, 0) is 0 Å². The second-order valence-electron chi connectivity index (χ2n) is 8.94. The standard InChI is InChI=1S/C26H36NO3.Tl/c1-18(2)26(29)30-25-13-12-21(17-28)16-24(25)23(22-10-8-7-9-11-22)14-15-27(19(3)4)20(5)6;/h7-13,16,18-20,23H,14-15,17H2,1-6H3;/q-1;+1/t23-;/m1./s1. The molecule has 0 aliphatic heterocycles. The van der Waals surface area contributed by atoms with E-state index in [-0.39, 0.29) is 17.8 Å². The number of hydrogen-bond donors (Lipinski definition) is 0. The van der Waals surface area contributed by atoms with Crippen molar-refractivity contribution in [1.82, 2.24) is 4.90 Å². The second kappa shape index (κ2) is 12.7. The molecule has 0 bridgehead atoms. The summed E-state index contributed by atoms with van der Waals surface area (Å²) in [5.74, 6) is 0.416. The first kappa shape index (κ1) is 26.0. The molecule has 0 fully saturated rings. The predicted molar refractivity (Wildman–Crippen MR) is 127 cm³/mol. The van der Waals surface area contributed by atoms with Gasteiger partial charge in [0.15, 0.2) is 0 Å². The van der Waals surface area contributed by atoms with Crippen molar-refractivity contribution in [2.45, 2.75) is 72.6 Å². The van der Waals surface area contributed by atoms with Gasteiger partial charge in [-0.3, -0.25) is 0 Å². The summed E-state index contributed by atoms with van der Waals surface area (Å²) >= 11 is 0.488. The van der Waals surface area contributed by atoms with E-state index in [1.165, 1.54) is 5.56 Å². The zero-order valence-electron chi connectivity index (χ0n) is 19.8. The normalized spacial score (nSPS) is 12.7. The number of rotatable bonds is 11. The van der Waals surface area contributed by atoms with Crippen LogP contribution in [0.3, 0.4) is 0 Å². The van der Waals surface area contributed by atoms with Gasteiger partial charge in [-0.1, -0.05) is 0 Å². The van der Waals surface area contributed by atoms with E-state index in [9.17, 15) is 4.79 Å². The van der Waals surface area contributed by atoms with Crippen molar-refractivity contribution in [3.63, 3.8) is 0 Å². The fourth-order valence-corrected chi connectivity index (χ4v) is 4.70. The van der Waals surface area contributed by atoms with E-state index < -0.39 is 0 Å². The van der Waals surface area contributed by atoms with E-state index >= 15 is 0 Å². The van der Waals surface area contributed by atoms with Crippen LogP contribution in [0.15, 0.2) is 48.5 Å². The van der Waals surface area contributed by atoms with E-state index in [0.717, 1.165) is 24.1 Å². The number of nitrogens with zero attached hydrogens (tertiary/aromatic N) is 1. The first-order valence-corrected chi connectivity index (χ1v) is 13.0. The minimum atomic E-state index is -0.201. The van der Waals surface area contributed by atoms with Crippen LogP contribution in [-0.2, 0) is 14.1 Å². The molecule has 0 heterocycles. The van der Waals surface area contributed by atoms with Gasteiger partial charge in [-0.2, -0.15) is 0 Å². The Morgan fingerprint density at radius 2 is 1.61 bits per heavy atom. The van der Waals surface area contributed by atoms with Gasteiger partial charge in [-0.25, -0.2) is 0 Å². The van der Waals surface area contributed by atoms with Gasteiger partial charge in [0.1, 0.15) is 0 Å². The number of carbonyl (C=O) groups is 1. The average Bonchev–Trinajstić information content (AvgIpc) is 2.72. The number of benzene rings is 2. The molecule has 0 amide bonds. The molecule has 0 aliphatic rings. The number of hydrogen-bond acceptors (Lipinski definition) is 4. The van der Waals surface area contributed by atoms with Crippen LogP contribution in [-0.4, -0.2) is 55.7 Å². The molecule has 0 aliphatic carbocycles. The van der Waals surface area contributed by atoms with Crippen LogP contribution in [0.2, 0.25) is 0 Å². The Bertz CT molecular complexity index is 813. The molecular formula is C26H36NO3Tl. The maximum atomic E-state index is 12.4. The number of ether oxygens (including phenoxy) is 1. The van der Waals surface area contributed by atoms with Gasteiger partial charge in [-0.15, -0.1) is 0 Å². The van der Waals surface area contributed by atoms with Gasteiger partial charge >= 0.3 is 205 Å². The molecule has 0 radical (unpaired) electrons. The van der Waals surface area contributed by atoms with E-state index in [4.69, 9.17) is 7.42 Å². The van der Waals surface area contributed by atoms with Crippen molar-refractivity contribution in [2.75, 3.05) is 6.54 Å². The summed E-state index contributed by atoms with van der Waals surface area (Å²) in [6.45, 7) is 14.3. The molecule has 0 aromatic heterocycles. The number of esters is 1. The van der Waals surface area contributed by atoms with E-state index in [0.29, 0.717) is 50.7 Å². The van der Waals surface area contributed by atoms with E-state index in [1.807, 2.05) is 32.0 Å². The van der Waals surface area contributed by atoms with E-state index in [2.05, 4.69) is 62.9 Å². The van der Waals surface area contributed by atoms with Crippen LogP contribution >= 0.6 is 0 Å². The molecule has 0 saturated carbocycles. The van der Waals surface area contributed by atoms with E-state index in [1.54, 1.807) is 0 Å². The Kier molecular flexibility index (Phi) is 10.7. The third kappa shape index (κ3) is 7.68. The molecule has 4 nitrogen and oxygen atoms in total.